The van der Waals surface area contributed by atoms with Crippen LogP contribution in [0.1, 0.15) is 11.1 Å². The Hall–Kier alpha value is -1.87. The predicted molar refractivity (Wildman–Crippen MR) is 72.8 cm³/mol. The van der Waals surface area contributed by atoms with E-state index in [2.05, 4.69) is 10.3 Å². The minimum atomic E-state index is -0.0634. The van der Waals surface area contributed by atoms with E-state index in [1.165, 1.54) is 0 Å². The number of nitrogens with zero attached hydrogens (tertiary/aromatic N) is 1. The molecule has 92 valence electrons. The molecule has 2 rings (SSSR count). The van der Waals surface area contributed by atoms with Crippen LogP contribution in [0.15, 0.2) is 42.7 Å². The van der Waals surface area contributed by atoms with Gasteiger partial charge in [-0.3, -0.25) is 9.78 Å². The van der Waals surface area contributed by atoms with Crippen molar-refractivity contribution in [2.75, 3.05) is 5.32 Å². The van der Waals surface area contributed by atoms with Crippen LogP contribution in [0.4, 0.5) is 5.69 Å². The summed E-state index contributed by atoms with van der Waals surface area (Å²) in [5.74, 6) is -0.0634. The minimum Gasteiger partial charge on any atom is -0.326 e. The van der Waals surface area contributed by atoms with Crippen LogP contribution in [-0.4, -0.2) is 10.9 Å². The minimum absolute atomic E-state index is 0.0634. The van der Waals surface area contributed by atoms with E-state index in [0.717, 1.165) is 16.8 Å². The second-order valence-corrected chi connectivity index (χ2v) is 4.40. The first-order valence-corrected chi connectivity index (χ1v) is 5.98. The number of hydrogen-bond acceptors (Lipinski definition) is 2. The Balaban J connectivity index is 2.06. The topological polar surface area (TPSA) is 42.0 Å². The fraction of sp³-hybridized carbons (Fsp3) is 0.143. The van der Waals surface area contributed by atoms with Crippen LogP contribution >= 0.6 is 11.6 Å². The summed E-state index contributed by atoms with van der Waals surface area (Å²) in [6, 6.07) is 9.10. The molecule has 3 nitrogen and oxygen atoms in total. The Morgan fingerprint density at radius 2 is 2.00 bits per heavy atom. The number of carbonyl (C=O) groups is 1. The van der Waals surface area contributed by atoms with Gasteiger partial charge in [-0.05, 0) is 42.3 Å². The maximum Gasteiger partial charge on any atom is 0.228 e. The zero-order valence-corrected chi connectivity index (χ0v) is 10.7. The Bertz CT molecular complexity index is 555. The van der Waals surface area contributed by atoms with Crippen LogP contribution in [0.5, 0.6) is 0 Å². The van der Waals surface area contributed by atoms with Crippen molar-refractivity contribution < 1.29 is 4.79 Å². The van der Waals surface area contributed by atoms with Gasteiger partial charge in [-0.15, -0.1) is 0 Å². The summed E-state index contributed by atoms with van der Waals surface area (Å²) in [5, 5.41) is 3.51. The highest BCUT2D eigenvalue weighted by molar-refractivity contribution is 6.31. The fourth-order valence-electron chi connectivity index (χ4n) is 1.62. The van der Waals surface area contributed by atoms with E-state index < -0.39 is 0 Å². The van der Waals surface area contributed by atoms with Crippen LogP contribution in [0.2, 0.25) is 5.02 Å². The number of benzene rings is 1. The van der Waals surface area contributed by atoms with Gasteiger partial charge in [0.2, 0.25) is 5.91 Å². The van der Waals surface area contributed by atoms with Gasteiger partial charge in [-0.1, -0.05) is 17.7 Å². The number of nitrogens with one attached hydrogen (secondary N) is 1. The van der Waals surface area contributed by atoms with Gasteiger partial charge in [0, 0.05) is 23.1 Å². The molecule has 0 spiro atoms. The molecular weight excluding hydrogens is 248 g/mol. The van der Waals surface area contributed by atoms with E-state index in [9.17, 15) is 4.79 Å². The van der Waals surface area contributed by atoms with Gasteiger partial charge < -0.3 is 5.32 Å². The summed E-state index contributed by atoms with van der Waals surface area (Å²) in [6.07, 6.45) is 3.68. The third kappa shape index (κ3) is 3.08. The number of aromatic nitrogens is 1. The quantitative estimate of drug-likeness (QED) is 0.921. The maximum atomic E-state index is 11.9. The van der Waals surface area contributed by atoms with Crippen LogP contribution in [0, 0.1) is 6.92 Å². The highest BCUT2D eigenvalue weighted by Gasteiger charge is 2.07. The molecule has 0 aliphatic heterocycles. The van der Waals surface area contributed by atoms with Crippen molar-refractivity contribution in [3.05, 3.63) is 58.9 Å². The van der Waals surface area contributed by atoms with E-state index in [1.807, 2.05) is 31.2 Å². The smallest absolute Gasteiger partial charge is 0.228 e. The second kappa shape index (κ2) is 5.65. The number of rotatable bonds is 3. The molecule has 18 heavy (non-hydrogen) atoms. The summed E-state index contributed by atoms with van der Waals surface area (Å²) in [4.78, 5) is 15.8. The normalized spacial score (nSPS) is 10.1. The van der Waals surface area contributed by atoms with Gasteiger partial charge >= 0.3 is 0 Å². The van der Waals surface area contributed by atoms with E-state index in [4.69, 9.17) is 11.6 Å². The van der Waals surface area contributed by atoms with E-state index in [-0.39, 0.29) is 5.91 Å². The standard InChI is InChI=1S/C14H13ClN2O/c1-10-12(15)3-2-4-13(10)17-14(18)9-11-5-7-16-8-6-11/h2-8H,9H2,1H3,(H,17,18). The van der Waals surface area contributed by atoms with Crippen molar-refractivity contribution in [1.82, 2.24) is 4.98 Å². The number of carbonyl (C=O) groups excluding carboxylic acids is 1. The van der Waals surface area contributed by atoms with E-state index in [1.54, 1.807) is 18.5 Å². The summed E-state index contributed by atoms with van der Waals surface area (Å²) >= 11 is 6.00. The van der Waals surface area contributed by atoms with Gasteiger partial charge in [-0.25, -0.2) is 0 Å². The number of amides is 1. The molecule has 0 unspecified atom stereocenters. The van der Waals surface area contributed by atoms with Gasteiger partial charge in [0.15, 0.2) is 0 Å². The lowest BCUT2D eigenvalue weighted by Gasteiger charge is -2.09. The van der Waals surface area contributed by atoms with Crippen LogP contribution in [-0.2, 0) is 11.2 Å². The third-order valence-corrected chi connectivity index (χ3v) is 3.07. The molecule has 0 saturated carbocycles. The summed E-state index contributed by atoms with van der Waals surface area (Å²) in [6.45, 7) is 1.88. The summed E-state index contributed by atoms with van der Waals surface area (Å²) in [5.41, 5.74) is 2.56. The molecule has 0 fully saturated rings. The van der Waals surface area contributed by atoms with Crippen molar-refractivity contribution in [3.63, 3.8) is 0 Å². The highest BCUT2D eigenvalue weighted by Crippen LogP contribution is 2.22. The van der Waals surface area contributed by atoms with Gasteiger partial charge in [-0.2, -0.15) is 0 Å². The molecule has 0 saturated heterocycles. The van der Waals surface area contributed by atoms with Gasteiger partial charge in [0.25, 0.3) is 0 Å². The zero-order chi connectivity index (χ0) is 13.0. The zero-order valence-electron chi connectivity index (χ0n) is 9.98. The molecule has 1 aromatic carbocycles. The molecule has 1 aromatic heterocycles. The number of pyridine rings is 1. The molecule has 0 bridgehead atoms. The monoisotopic (exact) mass is 260 g/mol. The Morgan fingerprint density at radius 3 is 2.72 bits per heavy atom. The lowest BCUT2D eigenvalue weighted by molar-refractivity contribution is -0.115. The van der Waals surface area contributed by atoms with Crippen molar-refractivity contribution in [2.45, 2.75) is 13.3 Å². The number of hydrogen-bond donors (Lipinski definition) is 1. The van der Waals surface area contributed by atoms with E-state index >= 15 is 0 Å². The van der Waals surface area contributed by atoms with Gasteiger partial charge in [0.1, 0.15) is 0 Å². The molecule has 2 aromatic rings. The lowest BCUT2D eigenvalue weighted by Crippen LogP contribution is -2.15. The molecule has 0 atom stereocenters. The Morgan fingerprint density at radius 1 is 1.28 bits per heavy atom. The molecule has 0 radical (unpaired) electrons. The summed E-state index contributed by atoms with van der Waals surface area (Å²) < 4.78 is 0. The SMILES string of the molecule is Cc1c(Cl)cccc1NC(=O)Cc1ccncc1. The van der Waals surface area contributed by atoms with Crippen molar-refractivity contribution >= 4 is 23.2 Å². The maximum absolute atomic E-state index is 11.9. The average Bonchev–Trinajstić information content (AvgIpc) is 2.36. The van der Waals surface area contributed by atoms with Gasteiger partial charge in [0.05, 0.1) is 6.42 Å². The molecular formula is C14H13ClN2O. The first kappa shape index (κ1) is 12.6. The first-order chi connectivity index (χ1) is 8.66. The van der Waals surface area contributed by atoms with Crippen LogP contribution < -0.4 is 5.32 Å². The molecule has 0 aliphatic rings. The number of halogens is 1. The largest absolute Gasteiger partial charge is 0.326 e. The van der Waals surface area contributed by atoms with Crippen molar-refractivity contribution in [1.29, 1.82) is 0 Å². The van der Waals surface area contributed by atoms with Crippen LogP contribution in [0.25, 0.3) is 0 Å². The second-order valence-electron chi connectivity index (χ2n) is 3.99. The predicted octanol–water partition coefficient (Wildman–Crippen LogP) is 3.22. The Labute approximate surface area is 111 Å². The highest BCUT2D eigenvalue weighted by atomic mass is 35.5. The number of anilines is 1. The fourth-order valence-corrected chi connectivity index (χ4v) is 1.80. The van der Waals surface area contributed by atoms with E-state index in [0.29, 0.717) is 11.4 Å². The molecule has 1 amide bonds. The average molecular weight is 261 g/mol. The molecule has 4 heteroatoms. The third-order valence-electron chi connectivity index (χ3n) is 2.66. The van der Waals surface area contributed by atoms with Crippen molar-refractivity contribution in [2.24, 2.45) is 0 Å². The molecule has 0 aliphatic carbocycles. The Kier molecular flexibility index (Phi) is 3.95. The van der Waals surface area contributed by atoms with Crippen LogP contribution in [0.3, 0.4) is 0 Å². The molecule has 1 N–H and O–H groups in total. The summed E-state index contributed by atoms with van der Waals surface area (Å²) in [7, 11) is 0. The lowest BCUT2D eigenvalue weighted by atomic mass is 10.1. The molecule has 1 heterocycles. The first-order valence-electron chi connectivity index (χ1n) is 5.60. The van der Waals surface area contributed by atoms with Crippen molar-refractivity contribution in [3.8, 4) is 0 Å².